The number of hydrogen-bond donors (Lipinski definition) is 0. The molecular formula is C31H50. The first-order valence-electron chi connectivity index (χ1n) is 14.8. The molecule has 6 rings (SSSR count). The van der Waals surface area contributed by atoms with Crippen LogP contribution in [0.5, 0.6) is 0 Å². The average molecular weight is 423 g/mol. The number of rotatable bonds is 5. The summed E-state index contributed by atoms with van der Waals surface area (Å²) in [5.74, 6) is 7.95. The molecule has 7 atom stereocenters. The molecule has 0 heteroatoms. The van der Waals surface area contributed by atoms with Gasteiger partial charge in [-0.3, -0.25) is 0 Å². The summed E-state index contributed by atoms with van der Waals surface area (Å²) in [6, 6.07) is 0. The molecule has 31 heavy (non-hydrogen) atoms. The Hall–Kier alpha value is -0.260. The highest BCUT2D eigenvalue weighted by Crippen LogP contribution is 2.70. The van der Waals surface area contributed by atoms with E-state index in [0.717, 1.165) is 29.1 Å². The maximum Gasteiger partial charge on any atom is -0.0263 e. The van der Waals surface area contributed by atoms with Crippen molar-refractivity contribution in [3.8, 4) is 0 Å². The lowest BCUT2D eigenvalue weighted by atomic mass is 9.47. The number of allylic oxidation sites excluding steroid dienone is 2. The Morgan fingerprint density at radius 2 is 1.58 bits per heavy atom. The molecule has 0 aromatic carbocycles. The van der Waals surface area contributed by atoms with Crippen molar-refractivity contribution in [3.63, 3.8) is 0 Å². The third-order valence-electron chi connectivity index (χ3n) is 12.4. The third-order valence-corrected chi connectivity index (χ3v) is 12.4. The maximum atomic E-state index is 2.57. The summed E-state index contributed by atoms with van der Waals surface area (Å²) < 4.78 is 0. The first kappa shape index (κ1) is 21.3. The van der Waals surface area contributed by atoms with Gasteiger partial charge in [-0.2, -0.15) is 0 Å². The SMILES string of the molecule is C/C=C/CC1C[C@](CC2CC3CCC4C(C2)C34)(C2CCC2)CCC12CCCCCCC2. The van der Waals surface area contributed by atoms with Crippen molar-refractivity contribution in [1.29, 1.82) is 0 Å². The molecule has 6 aliphatic rings. The lowest BCUT2D eigenvalue weighted by Gasteiger charge is -2.58. The molecule has 6 unspecified atom stereocenters. The standard InChI is InChI=1S/C31H50/c1-2-3-10-26-22-31(25-11-9-12-25,18-17-30(26)15-7-5-4-6-8-16-30)21-23-19-24-13-14-27-28(20-23)29(24)27/h2-3,23-29H,4-22H2,1H3/b3-2+/t23?,24?,26?,27?,28?,29?,31-/m0/s1. The summed E-state index contributed by atoms with van der Waals surface area (Å²) in [5, 5.41) is 0. The molecule has 0 aliphatic heterocycles. The smallest absolute Gasteiger partial charge is 0.0263 e. The highest BCUT2D eigenvalue weighted by molar-refractivity contribution is 5.11. The van der Waals surface area contributed by atoms with Crippen molar-refractivity contribution in [2.45, 2.75) is 129 Å². The van der Waals surface area contributed by atoms with E-state index < -0.39 is 0 Å². The van der Waals surface area contributed by atoms with Gasteiger partial charge in [0.05, 0.1) is 0 Å². The third kappa shape index (κ3) is 3.79. The Bertz CT molecular complexity index is 647. The first-order chi connectivity index (χ1) is 15.2. The van der Waals surface area contributed by atoms with Crippen LogP contribution in [0, 0.1) is 52.3 Å². The van der Waals surface area contributed by atoms with Crippen LogP contribution in [0.4, 0.5) is 0 Å². The van der Waals surface area contributed by atoms with Gasteiger partial charge in [-0.15, -0.1) is 0 Å². The van der Waals surface area contributed by atoms with Gasteiger partial charge in [-0.1, -0.05) is 50.7 Å². The van der Waals surface area contributed by atoms with Crippen molar-refractivity contribution in [2.75, 3.05) is 0 Å². The largest absolute Gasteiger partial charge is 0.0917 e. The number of hydrogen-bond acceptors (Lipinski definition) is 0. The van der Waals surface area contributed by atoms with Crippen LogP contribution in [-0.2, 0) is 0 Å². The Morgan fingerprint density at radius 3 is 2.29 bits per heavy atom. The highest BCUT2D eigenvalue weighted by Gasteiger charge is 2.61. The van der Waals surface area contributed by atoms with Crippen LogP contribution in [0.3, 0.4) is 0 Å². The zero-order chi connectivity index (χ0) is 20.9. The first-order valence-corrected chi connectivity index (χ1v) is 14.8. The minimum absolute atomic E-state index is 0.709. The fourth-order valence-corrected chi connectivity index (χ4v) is 10.6. The summed E-state index contributed by atoms with van der Waals surface area (Å²) in [7, 11) is 0. The second kappa shape index (κ2) is 8.51. The Balaban J connectivity index is 1.22. The molecule has 1 spiro atoms. The second-order valence-electron chi connectivity index (χ2n) is 13.6. The van der Waals surface area contributed by atoms with E-state index in [-0.39, 0.29) is 0 Å². The van der Waals surface area contributed by atoms with Crippen LogP contribution < -0.4 is 0 Å². The van der Waals surface area contributed by atoms with Gasteiger partial charge < -0.3 is 0 Å². The molecule has 6 saturated carbocycles. The maximum absolute atomic E-state index is 2.57. The minimum Gasteiger partial charge on any atom is -0.0917 e. The molecule has 0 radical (unpaired) electrons. The van der Waals surface area contributed by atoms with Crippen molar-refractivity contribution >= 4 is 0 Å². The van der Waals surface area contributed by atoms with Gasteiger partial charge in [0.2, 0.25) is 0 Å². The molecular weight excluding hydrogens is 372 g/mol. The molecule has 6 fully saturated rings. The highest BCUT2D eigenvalue weighted by atomic mass is 14.7. The summed E-state index contributed by atoms with van der Waals surface area (Å²) in [4.78, 5) is 0. The molecule has 0 heterocycles. The minimum atomic E-state index is 0.709. The molecule has 0 bridgehead atoms. The van der Waals surface area contributed by atoms with Gasteiger partial charge in [-0.05, 0) is 143 Å². The van der Waals surface area contributed by atoms with E-state index in [2.05, 4.69) is 19.1 Å². The number of fused-ring (bicyclic) bond motifs is 1. The molecule has 0 amide bonds. The fourth-order valence-electron chi connectivity index (χ4n) is 10.6. The van der Waals surface area contributed by atoms with Gasteiger partial charge in [0, 0.05) is 0 Å². The predicted octanol–water partition coefficient (Wildman–Crippen LogP) is 9.34. The topological polar surface area (TPSA) is 0 Å². The molecule has 174 valence electrons. The van der Waals surface area contributed by atoms with E-state index in [9.17, 15) is 0 Å². The van der Waals surface area contributed by atoms with E-state index in [1.807, 2.05) is 0 Å². The fraction of sp³-hybridized carbons (Fsp3) is 0.935. The van der Waals surface area contributed by atoms with Crippen LogP contribution in [0.15, 0.2) is 12.2 Å². The second-order valence-corrected chi connectivity index (χ2v) is 13.6. The zero-order valence-corrected chi connectivity index (χ0v) is 20.6. The Labute approximate surface area is 193 Å². The van der Waals surface area contributed by atoms with Crippen molar-refractivity contribution in [3.05, 3.63) is 12.2 Å². The monoisotopic (exact) mass is 422 g/mol. The van der Waals surface area contributed by atoms with Gasteiger partial charge in [-0.25, -0.2) is 0 Å². The van der Waals surface area contributed by atoms with Gasteiger partial charge in [0.25, 0.3) is 0 Å². The Kier molecular flexibility index (Phi) is 5.84. The van der Waals surface area contributed by atoms with Crippen LogP contribution in [0.2, 0.25) is 0 Å². The van der Waals surface area contributed by atoms with E-state index in [1.54, 1.807) is 77.0 Å². The molecule has 0 saturated heterocycles. The van der Waals surface area contributed by atoms with Crippen molar-refractivity contribution in [2.24, 2.45) is 52.3 Å². The van der Waals surface area contributed by atoms with E-state index in [0.29, 0.717) is 5.41 Å². The average Bonchev–Trinajstić information content (AvgIpc) is 3.22. The van der Waals surface area contributed by atoms with E-state index >= 15 is 0 Å². The van der Waals surface area contributed by atoms with Crippen LogP contribution in [0.1, 0.15) is 129 Å². The van der Waals surface area contributed by atoms with Gasteiger partial charge in [0.15, 0.2) is 0 Å². The van der Waals surface area contributed by atoms with Crippen LogP contribution in [0.25, 0.3) is 0 Å². The lowest BCUT2D eigenvalue weighted by molar-refractivity contribution is -0.0745. The summed E-state index contributed by atoms with van der Waals surface area (Å²) >= 11 is 0. The normalized spacial score (nSPS) is 47.0. The van der Waals surface area contributed by atoms with Crippen molar-refractivity contribution < 1.29 is 0 Å². The van der Waals surface area contributed by atoms with Crippen LogP contribution >= 0.6 is 0 Å². The quantitative estimate of drug-likeness (QED) is 0.387. The van der Waals surface area contributed by atoms with E-state index in [1.165, 1.54) is 62.7 Å². The Morgan fingerprint density at radius 1 is 0.774 bits per heavy atom. The molecule has 0 aromatic heterocycles. The predicted molar refractivity (Wildman–Crippen MR) is 132 cm³/mol. The zero-order valence-electron chi connectivity index (χ0n) is 20.6. The molecule has 0 nitrogen and oxygen atoms in total. The van der Waals surface area contributed by atoms with Gasteiger partial charge >= 0.3 is 0 Å². The van der Waals surface area contributed by atoms with Crippen molar-refractivity contribution in [1.82, 2.24) is 0 Å². The summed E-state index contributed by atoms with van der Waals surface area (Å²) in [6.07, 6.45) is 34.7. The molecule has 0 N–H and O–H groups in total. The lowest BCUT2D eigenvalue weighted by Crippen LogP contribution is -2.48. The summed E-state index contributed by atoms with van der Waals surface area (Å²) in [6.45, 7) is 2.26. The molecule has 6 aliphatic carbocycles. The summed E-state index contributed by atoms with van der Waals surface area (Å²) in [5.41, 5.74) is 1.45. The van der Waals surface area contributed by atoms with Gasteiger partial charge in [0.1, 0.15) is 0 Å². The van der Waals surface area contributed by atoms with E-state index in [4.69, 9.17) is 0 Å². The van der Waals surface area contributed by atoms with Crippen LogP contribution in [-0.4, -0.2) is 0 Å². The molecule has 0 aromatic rings.